The number of hydrogen-bond acceptors (Lipinski definition) is 5. The maximum Gasteiger partial charge on any atom is 0.397 e. The van der Waals surface area contributed by atoms with Crippen molar-refractivity contribution in [2.24, 2.45) is 0 Å². The van der Waals surface area contributed by atoms with Crippen molar-refractivity contribution in [3.8, 4) is 0 Å². The molecule has 1 unspecified atom stereocenters. The molecule has 2 fully saturated rings. The standard InChI is InChI=1S/C11H18N2O4/c1-2-17-11(15)10(14)13(9-5-12-6-9)8-3-4-16-7-8/h8-9,12H,2-7H2,1H3. The number of ether oxygens (including phenoxy) is 2. The molecule has 0 radical (unpaired) electrons. The number of nitrogens with one attached hydrogen (secondary N) is 1. The van der Waals surface area contributed by atoms with Gasteiger partial charge in [0.25, 0.3) is 0 Å². The normalized spacial score (nSPS) is 24.2. The Hall–Kier alpha value is -1.14. The zero-order valence-corrected chi connectivity index (χ0v) is 9.98. The number of nitrogens with zero attached hydrogens (tertiary/aromatic N) is 1. The molecular weight excluding hydrogens is 224 g/mol. The van der Waals surface area contributed by atoms with Crippen molar-refractivity contribution in [2.45, 2.75) is 25.4 Å². The monoisotopic (exact) mass is 242 g/mol. The average Bonchev–Trinajstić information content (AvgIpc) is 2.75. The Morgan fingerprint density at radius 1 is 1.41 bits per heavy atom. The summed E-state index contributed by atoms with van der Waals surface area (Å²) in [5, 5.41) is 3.10. The number of amides is 1. The first-order valence-corrected chi connectivity index (χ1v) is 6.02. The molecule has 2 rings (SSSR count). The third-order valence-corrected chi connectivity index (χ3v) is 3.14. The van der Waals surface area contributed by atoms with Gasteiger partial charge >= 0.3 is 11.9 Å². The van der Waals surface area contributed by atoms with Crippen LogP contribution in [0.5, 0.6) is 0 Å². The number of carbonyl (C=O) groups is 2. The number of esters is 1. The Balaban J connectivity index is 2.03. The number of carbonyl (C=O) groups excluding carboxylic acids is 2. The second-order valence-corrected chi connectivity index (χ2v) is 4.26. The van der Waals surface area contributed by atoms with Gasteiger partial charge in [0.05, 0.1) is 25.3 Å². The van der Waals surface area contributed by atoms with Crippen LogP contribution in [-0.2, 0) is 19.1 Å². The molecule has 17 heavy (non-hydrogen) atoms. The quantitative estimate of drug-likeness (QED) is 0.515. The molecule has 0 aliphatic carbocycles. The Morgan fingerprint density at radius 3 is 2.65 bits per heavy atom. The summed E-state index contributed by atoms with van der Waals surface area (Å²) in [5.41, 5.74) is 0. The summed E-state index contributed by atoms with van der Waals surface area (Å²) in [6, 6.07) is 0.109. The Kier molecular flexibility index (Phi) is 3.96. The molecule has 2 saturated heterocycles. The van der Waals surface area contributed by atoms with Crippen molar-refractivity contribution >= 4 is 11.9 Å². The van der Waals surface area contributed by atoms with Crippen molar-refractivity contribution in [1.82, 2.24) is 10.2 Å². The highest BCUT2D eigenvalue weighted by molar-refractivity contribution is 6.32. The van der Waals surface area contributed by atoms with Crippen LogP contribution in [0.15, 0.2) is 0 Å². The third kappa shape index (κ3) is 2.58. The summed E-state index contributed by atoms with van der Waals surface area (Å²) < 4.78 is 10.1. The van der Waals surface area contributed by atoms with Gasteiger partial charge in [-0.15, -0.1) is 0 Å². The summed E-state index contributed by atoms with van der Waals surface area (Å²) in [6.07, 6.45) is 0.793. The summed E-state index contributed by atoms with van der Waals surface area (Å²) >= 11 is 0. The van der Waals surface area contributed by atoms with Crippen LogP contribution in [0.4, 0.5) is 0 Å². The van der Waals surface area contributed by atoms with Gasteiger partial charge in [0, 0.05) is 19.7 Å². The topological polar surface area (TPSA) is 67.9 Å². The molecule has 1 N–H and O–H groups in total. The van der Waals surface area contributed by atoms with E-state index in [4.69, 9.17) is 9.47 Å². The van der Waals surface area contributed by atoms with Gasteiger partial charge in [-0.25, -0.2) is 4.79 Å². The van der Waals surface area contributed by atoms with Crippen molar-refractivity contribution in [3.63, 3.8) is 0 Å². The van der Waals surface area contributed by atoms with Gasteiger partial charge in [-0.3, -0.25) is 4.79 Å². The second kappa shape index (κ2) is 5.46. The Bertz CT molecular complexity index is 298. The Labute approximate surface area is 100 Å². The van der Waals surface area contributed by atoms with Crippen LogP contribution in [0.3, 0.4) is 0 Å². The number of hydrogen-bond donors (Lipinski definition) is 1. The maximum atomic E-state index is 12.0. The molecule has 2 aliphatic heterocycles. The van der Waals surface area contributed by atoms with Crippen molar-refractivity contribution in [2.75, 3.05) is 32.9 Å². The molecule has 0 aromatic heterocycles. The summed E-state index contributed by atoms with van der Waals surface area (Å²) in [6.45, 7) is 4.56. The first-order valence-electron chi connectivity index (χ1n) is 6.02. The molecule has 0 bridgehead atoms. The van der Waals surface area contributed by atoms with E-state index in [1.165, 1.54) is 0 Å². The fourth-order valence-electron chi connectivity index (χ4n) is 2.14. The fraction of sp³-hybridized carbons (Fsp3) is 0.818. The van der Waals surface area contributed by atoms with E-state index in [0.717, 1.165) is 19.5 Å². The van der Waals surface area contributed by atoms with E-state index >= 15 is 0 Å². The minimum absolute atomic E-state index is 0.0130. The van der Waals surface area contributed by atoms with Gasteiger partial charge in [-0.05, 0) is 13.3 Å². The van der Waals surface area contributed by atoms with Crippen LogP contribution in [0.2, 0.25) is 0 Å². The van der Waals surface area contributed by atoms with E-state index in [2.05, 4.69) is 5.32 Å². The molecule has 0 spiro atoms. The second-order valence-electron chi connectivity index (χ2n) is 4.26. The number of rotatable bonds is 3. The van der Waals surface area contributed by atoms with Crippen LogP contribution < -0.4 is 5.32 Å². The molecule has 2 aliphatic rings. The zero-order chi connectivity index (χ0) is 12.3. The lowest BCUT2D eigenvalue weighted by molar-refractivity contribution is -0.163. The molecule has 2 heterocycles. The van der Waals surface area contributed by atoms with E-state index in [1.54, 1.807) is 11.8 Å². The van der Waals surface area contributed by atoms with Crippen LogP contribution in [0, 0.1) is 0 Å². The average molecular weight is 242 g/mol. The molecule has 0 aromatic rings. The van der Waals surface area contributed by atoms with Gasteiger partial charge in [0.15, 0.2) is 0 Å². The first-order chi connectivity index (χ1) is 8.24. The predicted octanol–water partition coefficient (Wildman–Crippen LogP) is -0.861. The Morgan fingerprint density at radius 2 is 2.18 bits per heavy atom. The van der Waals surface area contributed by atoms with Gasteiger partial charge in [0.2, 0.25) is 0 Å². The SMILES string of the molecule is CCOC(=O)C(=O)N(C1CNC1)C1CCOC1. The van der Waals surface area contributed by atoms with E-state index in [-0.39, 0.29) is 18.7 Å². The molecule has 1 atom stereocenters. The van der Waals surface area contributed by atoms with Crippen LogP contribution in [0.25, 0.3) is 0 Å². The summed E-state index contributed by atoms with van der Waals surface area (Å²) in [4.78, 5) is 25.2. The van der Waals surface area contributed by atoms with Crippen molar-refractivity contribution in [1.29, 1.82) is 0 Å². The lowest BCUT2D eigenvalue weighted by Gasteiger charge is -2.40. The highest BCUT2D eigenvalue weighted by Gasteiger charge is 2.39. The highest BCUT2D eigenvalue weighted by Crippen LogP contribution is 2.18. The summed E-state index contributed by atoms with van der Waals surface area (Å²) in [5.74, 6) is -1.29. The molecule has 0 saturated carbocycles. The maximum absolute atomic E-state index is 12.0. The van der Waals surface area contributed by atoms with Gasteiger partial charge < -0.3 is 19.7 Å². The molecule has 1 amide bonds. The van der Waals surface area contributed by atoms with E-state index in [9.17, 15) is 9.59 Å². The van der Waals surface area contributed by atoms with Crippen molar-refractivity contribution < 1.29 is 19.1 Å². The predicted molar refractivity (Wildman–Crippen MR) is 59.4 cm³/mol. The largest absolute Gasteiger partial charge is 0.459 e. The first kappa shape index (κ1) is 12.3. The molecule has 96 valence electrons. The van der Waals surface area contributed by atoms with Crippen LogP contribution in [-0.4, -0.2) is 61.8 Å². The van der Waals surface area contributed by atoms with Crippen molar-refractivity contribution in [3.05, 3.63) is 0 Å². The van der Waals surface area contributed by atoms with Crippen LogP contribution in [0.1, 0.15) is 13.3 Å². The molecule has 6 nitrogen and oxygen atoms in total. The minimum atomic E-state index is -0.758. The minimum Gasteiger partial charge on any atom is -0.459 e. The molecule has 0 aromatic carbocycles. The van der Waals surface area contributed by atoms with Crippen LogP contribution >= 0.6 is 0 Å². The lowest BCUT2D eigenvalue weighted by atomic mass is 10.1. The van der Waals surface area contributed by atoms with Gasteiger partial charge in [-0.2, -0.15) is 0 Å². The molecular formula is C11H18N2O4. The molecule has 6 heteroatoms. The fourth-order valence-corrected chi connectivity index (χ4v) is 2.14. The third-order valence-electron chi connectivity index (χ3n) is 3.14. The van der Waals surface area contributed by atoms with Gasteiger partial charge in [0.1, 0.15) is 0 Å². The smallest absolute Gasteiger partial charge is 0.397 e. The van der Waals surface area contributed by atoms with E-state index < -0.39 is 11.9 Å². The van der Waals surface area contributed by atoms with E-state index in [1.807, 2.05) is 0 Å². The highest BCUT2D eigenvalue weighted by atomic mass is 16.5. The van der Waals surface area contributed by atoms with Gasteiger partial charge in [-0.1, -0.05) is 0 Å². The lowest BCUT2D eigenvalue weighted by Crippen LogP contribution is -2.63. The zero-order valence-electron chi connectivity index (χ0n) is 9.98. The summed E-state index contributed by atoms with van der Waals surface area (Å²) in [7, 11) is 0. The van der Waals surface area contributed by atoms with E-state index in [0.29, 0.717) is 13.2 Å².